The molecule has 0 saturated carbocycles. The number of fused-ring (bicyclic) bond motifs is 4. The normalized spacial score (nSPS) is 22.4. The minimum atomic E-state index is -2.78. The van der Waals surface area contributed by atoms with Gasteiger partial charge in [0.15, 0.2) is 122 Å². The van der Waals surface area contributed by atoms with Gasteiger partial charge < -0.3 is 96.4 Å². The van der Waals surface area contributed by atoms with Crippen LogP contribution in [0.4, 0.5) is 41.9 Å². The van der Waals surface area contributed by atoms with Crippen LogP contribution in [-0.4, -0.2) is 275 Å². The van der Waals surface area contributed by atoms with Gasteiger partial charge >= 0.3 is 20.9 Å². The van der Waals surface area contributed by atoms with Crippen molar-refractivity contribution < 1.29 is 113 Å². The van der Waals surface area contributed by atoms with Gasteiger partial charge in [0.2, 0.25) is 30.3 Å². The number of H-pyrrole nitrogens is 2. The lowest BCUT2D eigenvalue weighted by Crippen LogP contribution is -2.50. The quantitative estimate of drug-likeness (QED) is 0.00568. The van der Waals surface area contributed by atoms with Crippen molar-refractivity contribution in [1.82, 2.24) is 82.7 Å². The van der Waals surface area contributed by atoms with Crippen molar-refractivity contribution in [2.24, 2.45) is 17.6 Å². The first kappa shape index (κ1) is 119. The molecule has 6 unspecified atom stereocenters. The molecule has 14 rings (SSSR count). The molecule has 48 nitrogen and oxygen atoms in total. The third kappa shape index (κ3) is 29.3. The molecule has 812 valence electrons. The van der Waals surface area contributed by atoms with Crippen LogP contribution in [0, 0.1) is 29.7 Å². The number of imidazole rings is 4. The lowest BCUT2D eigenvalue weighted by molar-refractivity contribution is -0.119. The van der Waals surface area contributed by atoms with Crippen LogP contribution in [0.5, 0.6) is 0 Å². The van der Waals surface area contributed by atoms with Crippen molar-refractivity contribution in [3.05, 3.63) is 142 Å². The van der Waals surface area contributed by atoms with E-state index < -0.39 is 185 Å². The predicted molar refractivity (Wildman–Crippen MR) is 552 cm³/mol. The topological polar surface area (TPSA) is 603 Å². The van der Waals surface area contributed by atoms with Gasteiger partial charge in [0.25, 0.3) is 31.5 Å². The van der Waals surface area contributed by atoms with Crippen molar-refractivity contribution in [3.63, 3.8) is 0 Å². The minimum absolute atomic E-state index is 0. The zero-order valence-electron chi connectivity index (χ0n) is 86.7. The molecule has 0 spiro atoms. The van der Waals surface area contributed by atoms with Crippen LogP contribution in [0.3, 0.4) is 0 Å². The maximum Gasteiger partial charge on any atom is 0.506 e. The van der Waals surface area contributed by atoms with Gasteiger partial charge in [-0.3, -0.25) is 67.6 Å². The van der Waals surface area contributed by atoms with E-state index in [9.17, 15) is 53.7 Å². The predicted octanol–water partition coefficient (Wildman–Crippen LogP) is 15.2. The molecule has 0 bridgehead atoms. The third-order valence-electron chi connectivity index (χ3n) is 24.6. The molecule has 4 amide bonds. The highest BCUT2D eigenvalue weighted by Gasteiger charge is 2.57. The number of nitriles is 1. The molecule has 4 fully saturated rings. The molecule has 12 heterocycles. The van der Waals surface area contributed by atoms with Crippen molar-refractivity contribution in [1.29, 1.82) is 5.26 Å². The summed E-state index contributed by atoms with van der Waals surface area (Å²) in [4.78, 5) is 151. The molecule has 149 heavy (non-hydrogen) atoms. The molecule has 18 atom stereocenters. The standard InChI is InChI=1S/C42H53FN11O12PSi.C27H35FN7O4P.C21H33N5O8Si.C4H11N.CH4/c1-10-24-29(26(43)38(62-24)53-20-47-27-32(45-19-46-33(27)53)49-36(56)23-14-12-11-13-15-23)65-67(60-17-16-44-7)61-18-25-30(66-68(8,9)42(4,5)6)31(64-41(58)59)39(63-25)54-21-48-28-34(54)50-40(52-37(28)57)51-35(55)22(2)3;1-6-20-23(39-40(37-14-10-13-29)35(17(2)3)18(4)5)21(28)27(38-20)34-16-32-22-24(30-15-31-25(22)34)33-26(36)19-11-8-7-9-12-19;1-10(2)16(28)24-19-23-15-12(17(29)25-19)22-9-26(15)18-14(33-20(30)31)13(11(8-27)32-18)34-35(6,7)21(3,4)5;1-4(2,3)5;/h11-15,19-22,24-26,29-31,38-39H,10,16-18H2,1-6,8-9H3,(H,58,59)(H,45,46,49,56)(H2,50,51,52,55,57);7-9,11-12,15-18,20-21,23,27H,6,10,14H2,1-5H3,(H,30,31,33,36);9-11,13-14,18,27H,8H2,1-7H3,(H,30,31)(H2,23,24,25,28,29);5H2,1-3H3;1H4/t24-,25-,26?,29+,30+,31?,38-,39-,67?;20-,21?,23+,27-,40?;11-,13+,14?,18-;;/m111../s1. The first-order valence-corrected chi connectivity index (χ1v) is 56.2. The Labute approximate surface area is 864 Å². The Morgan fingerprint density at radius 2 is 0.926 bits per heavy atom. The van der Waals surface area contributed by atoms with Gasteiger partial charge in [-0.2, -0.15) is 15.2 Å². The van der Waals surface area contributed by atoms with Crippen LogP contribution in [0.15, 0.2) is 108 Å². The van der Waals surface area contributed by atoms with Gasteiger partial charge in [-0.1, -0.05) is 127 Å². The lowest BCUT2D eigenvalue weighted by atomic mass is 10.1. The number of benzene rings is 2. The summed E-state index contributed by atoms with van der Waals surface area (Å²) in [6.45, 7) is 50.8. The number of aromatic amines is 2. The highest BCUT2D eigenvalue weighted by atomic mass is 31.2. The van der Waals surface area contributed by atoms with E-state index in [1.807, 2.05) is 129 Å². The van der Waals surface area contributed by atoms with Crippen LogP contribution >= 0.6 is 17.1 Å². The molecule has 2 aromatic carbocycles. The molecule has 4 saturated heterocycles. The lowest BCUT2D eigenvalue weighted by Gasteiger charge is -2.40. The fraction of sp³-hybridized carbons (Fsp3) is 0.579. The molecule has 54 heteroatoms. The number of amides is 4. The summed E-state index contributed by atoms with van der Waals surface area (Å²) in [6.07, 6.45) is -13.0. The summed E-state index contributed by atoms with van der Waals surface area (Å²) in [5.41, 5.74) is 5.74. The number of nitrogens with one attached hydrogen (secondary N) is 6. The zero-order valence-corrected chi connectivity index (χ0v) is 90.5. The number of carbonyl (C=O) groups is 6. The second-order valence-corrected chi connectivity index (χ2v) is 52.4. The number of halogens is 2. The van der Waals surface area contributed by atoms with E-state index in [0.717, 1.165) is 0 Å². The van der Waals surface area contributed by atoms with E-state index in [4.69, 9.17) is 77.5 Å². The van der Waals surface area contributed by atoms with Crippen molar-refractivity contribution >= 4 is 138 Å². The monoisotopic (exact) mass is 2150 g/mol. The molecule has 0 aliphatic carbocycles. The number of hydrogen-bond acceptors (Lipinski definition) is 35. The number of anilines is 4. The highest BCUT2D eigenvalue weighted by Crippen LogP contribution is 2.54. The van der Waals surface area contributed by atoms with E-state index in [1.165, 1.54) is 56.2 Å². The number of ether oxygens (including phenoxy) is 6. The Hall–Kier alpha value is -11.8. The number of nitrogens with zero attached hydrogens (tertiary/aromatic N) is 17. The number of alkyl halides is 2. The summed E-state index contributed by atoms with van der Waals surface area (Å²) < 4.78 is 121. The summed E-state index contributed by atoms with van der Waals surface area (Å²) in [7, 11) is -9.38. The van der Waals surface area contributed by atoms with Gasteiger partial charge in [-0.05, 0) is 122 Å². The fourth-order valence-electron chi connectivity index (χ4n) is 15.2. The van der Waals surface area contributed by atoms with Gasteiger partial charge in [0.05, 0.1) is 69.8 Å². The number of carboxylic acid groups (broad SMARTS) is 2. The molecule has 0 radical (unpaired) electrons. The Morgan fingerprint density at radius 3 is 1.30 bits per heavy atom. The van der Waals surface area contributed by atoms with Crippen molar-refractivity contribution in [3.8, 4) is 6.07 Å². The van der Waals surface area contributed by atoms with Gasteiger partial charge in [0.1, 0.15) is 55.9 Å². The Balaban J connectivity index is 0.000000238. The number of carbonyl (C=O) groups excluding carboxylic acids is 4. The van der Waals surface area contributed by atoms with Crippen LogP contribution < -0.4 is 38.1 Å². The number of aromatic nitrogens is 16. The summed E-state index contributed by atoms with van der Waals surface area (Å²) in [5.74, 6) is -2.31. The van der Waals surface area contributed by atoms with E-state index >= 15 is 8.78 Å². The number of aliphatic hydroxyl groups excluding tert-OH is 1. The van der Waals surface area contributed by atoms with Crippen LogP contribution in [0.2, 0.25) is 36.3 Å². The first-order chi connectivity index (χ1) is 69.7. The average Bonchev–Trinajstić information content (AvgIpc) is 1.57. The largest absolute Gasteiger partial charge is 0.506 e. The third-order valence-corrected chi connectivity index (χ3v) is 36.9. The summed E-state index contributed by atoms with van der Waals surface area (Å²) in [6, 6.07) is 19.5. The SMILES string of the molecule is C.CC(C)(C)N.CC(C)C(=O)Nc1nc2c(ncn2[C@@H]2O[C@H](CO)[C@H](O[Si](C)(C)C(C)(C)C)C2OC(=O)O)c(=O)[nH]1.CC[C@H]1O[C@@H](n2cnc3c(NC(=O)c4ccccc4)ncnc32)C(F)[C@H]1OP(OCCC#N)N(C(C)C)C(C)C.[C-]#[N+]CCOP(OC[C@H]1O[C@@H](n2cnc3c(=O)[nH]c(NC(=O)C(C)C)nc32)C(OC(=O)O)[C@H]1O[Si](C)(C)C(C)(C)C)O[C@@H]1C(F)[C@H](n2cnc3c(NC(=O)c4ccccc4)ncnc32)O[C@@H]1CC. The molecule has 4 aliphatic heterocycles. The molecule has 11 N–H and O–H groups in total. The average molecular weight is 2150 g/mol. The summed E-state index contributed by atoms with van der Waals surface area (Å²) >= 11 is 0. The van der Waals surface area contributed by atoms with Gasteiger partial charge in [-0.25, -0.2) is 69.5 Å². The molecular formula is C95H136F2N24O24P2Si2. The number of aliphatic hydroxyl groups is 1. The number of rotatable bonds is 37. The smallest absolute Gasteiger partial charge is 0.450 e. The molecule has 10 aromatic rings. The minimum Gasteiger partial charge on any atom is -0.450 e. The highest BCUT2D eigenvalue weighted by molar-refractivity contribution is 7.44. The van der Waals surface area contributed by atoms with Gasteiger partial charge in [0, 0.05) is 40.6 Å². The second kappa shape index (κ2) is 51.4. The molecular weight excluding hydrogens is 2020 g/mol. The van der Waals surface area contributed by atoms with Crippen LogP contribution in [-0.2, 0) is 69.5 Å². The maximum atomic E-state index is 16.9. The van der Waals surface area contributed by atoms with E-state index in [1.54, 1.807) is 89.2 Å². The van der Waals surface area contributed by atoms with E-state index in [0.29, 0.717) is 28.7 Å². The van der Waals surface area contributed by atoms with E-state index in [2.05, 4.69) is 96.7 Å². The Morgan fingerprint density at radius 1 is 0.544 bits per heavy atom. The van der Waals surface area contributed by atoms with Crippen molar-refractivity contribution in [2.75, 3.05) is 54.2 Å². The Bertz CT molecular complexity index is 6420. The van der Waals surface area contributed by atoms with Crippen molar-refractivity contribution in [2.45, 2.75) is 310 Å². The number of hydrogen-bond donors (Lipinski definition) is 10. The van der Waals surface area contributed by atoms with Crippen LogP contribution in [0.1, 0.15) is 204 Å². The zero-order chi connectivity index (χ0) is 109. The molecule has 8 aromatic heterocycles. The first-order valence-electron chi connectivity index (χ1n) is 48.1. The molecule has 4 aliphatic rings. The van der Waals surface area contributed by atoms with Crippen LogP contribution in [0.25, 0.3) is 49.5 Å². The maximum absolute atomic E-state index is 16.9. The van der Waals surface area contributed by atoms with Gasteiger partial charge in [-0.15, -0.1) is 0 Å². The second-order valence-electron chi connectivity index (χ2n) is 40.3. The van der Waals surface area contributed by atoms with E-state index in [-0.39, 0.29) is 144 Å². The number of nitrogens with two attached hydrogens (primary N) is 1. The fourth-order valence-corrected chi connectivity index (χ4v) is 20.8. The Kier molecular flexibility index (Phi) is 41.1. The summed E-state index contributed by atoms with van der Waals surface area (Å²) in [5, 5.41) is 48.5.